The third kappa shape index (κ3) is 1.90. The SMILES string of the molecule is Nc1ccc(-c2ccc(Br)cc2)nn1. The molecule has 1 aromatic heterocycles. The molecule has 4 heteroatoms. The summed E-state index contributed by atoms with van der Waals surface area (Å²) in [6, 6.07) is 11.5. The van der Waals surface area contributed by atoms with Gasteiger partial charge in [0.25, 0.3) is 0 Å². The second-order valence-electron chi connectivity index (χ2n) is 2.85. The fourth-order valence-electron chi connectivity index (χ4n) is 1.12. The van der Waals surface area contributed by atoms with Gasteiger partial charge in [-0.2, -0.15) is 0 Å². The molecule has 0 saturated heterocycles. The van der Waals surface area contributed by atoms with Crippen LogP contribution in [0, 0.1) is 0 Å². The first-order valence-corrected chi connectivity index (χ1v) is 4.90. The average Bonchev–Trinajstić information content (AvgIpc) is 2.21. The van der Waals surface area contributed by atoms with Gasteiger partial charge < -0.3 is 5.73 Å². The minimum atomic E-state index is 0.436. The standard InChI is InChI=1S/C10H8BrN3/c11-8-3-1-7(2-4-8)9-5-6-10(12)14-13-9/h1-6H,(H2,12,14). The van der Waals surface area contributed by atoms with Crippen molar-refractivity contribution in [3.63, 3.8) is 0 Å². The van der Waals surface area contributed by atoms with E-state index >= 15 is 0 Å². The van der Waals surface area contributed by atoms with E-state index in [2.05, 4.69) is 26.1 Å². The zero-order chi connectivity index (χ0) is 9.97. The van der Waals surface area contributed by atoms with Gasteiger partial charge in [-0.1, -0.05) is 28.1 Å². The minimum absolute atomic E-state index is 0.436. The molecule has 70 valence electrons. The number of benzene rings is 1. The van der Waals surface area contributed by atoms with Crippen molar-refractivity contribution in [1.29, 1.82) is 0 Å². The number of halogens is 1. The molecule has 0 radical (unpaired) electrons. The van der Waals surface area contributed by atoms with E-state index < -0.39 is 0 Å². The zero-order valence-electron chi connectivity index (χ0n) is 7.31. The van der Waals surface area contributed by atoms with Gasteiger partial charge in [-0.3, -0.25) is 0 Å². The second-order valence-corrected chi connectivity index (χ2v) is 3.77. The molecule has 0 aliphatic rings. The van der Waals surface area contributed by atoms with Crippen molar-refractivity contribution in [2.24, 2.45) is 0 Å². The third-order valence-electron chi connectivity index (χ3n) is 1.83. The van der Waals surface area contributed by atoms with Crippen LogP contribution in [0.15, 0.2) is 40.9 Å². The van der Waals surface area contributed by atoms with Crippen LogP contribution in [0.25, 0.3) is 11.3 Å². The van der Waals surface area contributed by atoms with Crippen molar-refractivity contribution >= 4 is 21.7 Å². The molecule has 2 aromatic rings. The number of nitrogen functional groups attached to an aromatic ring is 1. The summed E-state index contributed by atoms with van der Waals surface area (Å²) in [4.78, 5) is 0. The van der Waals surface area contributed by atoms with Crippen LogP contribution in [0.4, 0.5) is 5.82 Å². The zero-order valence-corrected chi connectivity index (χ0v) is 8.90. The summed E-state index contributed by atoms with van der Waals surface area (Å²) in [5.74, 6) is 0.436. The first kappa shape index (κ1) is 9.15. The van der Waals surface area contributed by atoms with Crippen molar-refractivity contribution in [2.45, 2.75) is 0 Å². The Balaban J connectivity index is 2.40. The summed E-state index contributed by atoms with van der Waals surface area (Å²) < 4.78 is 1.05. The Kier molecular flexibility index (Phi) is 2.45. The lowest BCUT2D eigenvalue weighted by molar-refractivity contribution is 1.05. The highest BCUT2D eigenvalue weighted by atomic mass is 79.9. The molecule has 0 fully saturated rings. The molecule has 2 N–H and O–H groups in total. The topological polar surface area (TPSA) is 51.8 Å². The predicted molar refractivity (Wildman–Crippen MR) is 59.6 cm³/mol. The van der Waals surface area contributed by atoms with Gasteiger partial charge in [0.05, 0.1) is 5.69 Å². The van der Waals surface area contributed by atoms with Gasteiger partial charge in [0, 0.05) is 10.0 Å². The van der Waals surface area contributed by atoms with Crippen molar-refractivity contribution in [3.8, 4) is 11.3 Å². The highest BCUT2D eigenvalue weighted by Gasteiger charge is 1.98. The molecule has 1 heterocycles. The van der Waals surface area contributed by atoms with Gasteiger partial charge in [0.15, 0.2) is 0 Å². The minimum Gasteiger partial charge on any atom is -0.382 e. The van der Waals surface area contributed by atoms with E-state index in [0.717, 1.165) is 15.7 Å². The van der Waals surface area contributed by atoms with Crippen LogP contribution < -0.4 is 5.73 Å². The maximum absolute atomic E-state index is 5.45. The Bertz CT molecular complexity index is 379. The lowest BCUT2D eigenvalue weighted by Gasteiger charge is -1.99. The highest BCUT2D eigenvalue weighted by Crippen LogP contribution is 2.19. The summed E-state index contributed by atoms with van der Waals surface area (Å²) >= 11 is 3.37. The largest absolute Gasteiger partial charge is 0.382 e. The van der Waals surface area contributed by atoms with Crippen molar-refractivity contribution < 1.29 is 0 Å². The van der Waals surface area contributed by atoms with E-state index in [0.29, 0.717) is 5.82 Å². The van der Waals surface area contributed by atoms with Crippen LogP contribution in [0.1, 0.15) is 0 Å². The third-order valence-corrected chi connectivity index (χ3v) is 2.35. The van der Waals surface area contributed by atoms with Gasteiger partial charge in [-0.05, 0) is 24.3 Å². The lowest BCUT2D eigenvalue weighted by Crippen LogP contribution is -1.93. The first-order valence-electron chi connectivity index (χ1n) is 4.11. The number of anilines is 1. The fourth-order valence-corrected chi connectivity index (χ4v) is 1.38. The van der Waals surface area contributed by atoms with Gasteiger partial charge in [0.1, 0.15) is 5.82 Å². The molecule has 0 aliphatic carbocycles. The highest BCUT2D eigenvalue weighted by molar-refractivity contribution is 9.10. The maximum atomic E-state index is 5.45. The smallest absolute Gasteiger partial charge is 0.146 e. The lowest BCUT2D eigenvalue weighted by atomic mass is 10.1. The van der Waals surface area contributed by atoms with E-state index in [1.807, 2.05) is 30.3 Å². The van der Waals surface area contributed by atoms with Gasteiger partial charge in [-0.15, -0.1) is 10.2 Å². The average molecular weight is 250 g/mol. The van der Waals surface area contributed by atoms with Crippen LogP contribution >= 0.6 is 15.9 Å². The normalized spacial score (nSPS) is 10.1. The molecule has 0 amide bonds. The Morgan fingerprint density at radius 1 is 0.929 bits per heavy atom. The molecule has 0 unspecified atom stereocenters. The maximum Gasteiger partial charge on any atom is 0.146 e. The second kappa shape index (κ2) is 3.75. The molecule has 3 nitrogen and oxygen atoms in total. The first-order chi connectivity index (χ1) is 6.75. The molecule has 2 rings (SSSR count). The molecule has 1 aromatic carbocycles. The van der Waals surface area contributed by atoms with Crippen LogP contribution in [0.2, 0.25) is 0 Å². The number of hydrogen-bond acceptors (Lipinski definition) is 3. The molecule has 0 atom stereocenters. The Morgan fingerprint density at radius 3 is 2.21 bits per heavy atom. The van der Waals surface area contributed by atoms with Crippen molar-refractivity contribution in [1.82, 2.24) is 10.2 Å². The van der Waals surface area contributed by atoms with Crippen LogP contribution in [-0.4, -0.2) is 10.2 Å². The predicted octanol–water partition coefficient (Wildman–Crippen LogP) is 2.49. The summed E-state index contributed by atoms with van der Waals surface area (Å²) in [7, 11) is 0. The molecule has 0 saturated carbocycles. The Hall–Kier alpha value is -1.42. The van der Waals surface area contributed by atoms with E-state index in [1.165, 1.54) is 0 Å². The van der Waals surface area contributed by atoms with Gasteiger partial charge in [-0.25, -0.2) is 0 Å². The quantitative estimate of drug-likeness (QED) is 0.845. The van der Waals surface area contributed by atoms with Gasteiger partial charge >= 0.3 is 0 Å². The number of nitrogens with zero attached hydrogens (tertiary/aromatic N) is 2. The molecule has 0 bridgehead atoms. The molecule has 14 heavy (non-hydrogen) atoms. The van der Waals surface area contributed by atoms with Crippen LogP contribution in [-0.2, 0) is 0 Å². The summed E-state index contributed by atoms with van der Waals surface area (Å²) in [6.45, 7) is 0. The number of rotatable bonds is 1. The van der Waals surface area contributed by atoms with Gasteiger partial charge in [0.2, 0.25) is 0 Å². The van der Waals surface area contributed by atoms with Crippen LogP contribution in [0.3, 0.4) is 0 Å². The monoisotopic (exact) mass is 249 g/mol. The summed E-state index contributed by atoms with van der Waals surface area (Å²) in [6.07, 6.45) is 0. The molecular formula is C10H8BrN3. The van der Waals surface area contributed by atoms with E-state index in [-0.39, 0.29) is 0 Å². The van der Waals surface area contributed by atoms with E-state index in [1.54, 1.807) is 6.07 Å². The summed E-state index contributed by atoms with van der Waals surface area (Å²) in [5.41, 5.74) is 7.30. The summed E-state index contributed by atoms with van der Waals surface area (Å²) in [5, 5.41) is 7.78. The number of aromatic nitrogens is 2. The fraction of sp³-hybridized carbons (Fsp3) is 0. The molecule has 0 aliphatic heterocycles. The molecule has 0 spiro atoms. The van der Waals surface area contributed by atoms with Crippen molar-refractivity contribution in [3.05, 3.63) is 40.9 Å². The van der Waals surface area contributed by atoms with Crippen LogP contribution in [0.5, 0.6) is 0 Å². The number of hydrogen-bond donors (Lipinski definition) is 1. The molecular weight excluding hydrogens is 242 g/mol. The van der Waals surface area contributed by atoms with Crippen molar-refractivity contribution in [2.75, 3.05) is 5.73 Å². The van der Waals surface area contributed by atoms with E-state index in [4.69, 9.17) is 5.73 Å². The Morgan fingerprint density at radius 2 is 1.64 bits per heavy atom. The van der Waals surface area contributed by atoms with E-state index in [9.17, 15) is 0 Å². The number of nitrogens with two attached hydrogens (primary N) is 1. The Labute approximate surface area is 90.1 Å².